The van der Waals surface area contributed by atoms with Crippen molar-refractivity contribution in [2.45, 2.75) is 46.7 Å². The minimum Gasteiger partial charge on any atom is -0.490 e. The van der Waals surface area contributed by atoms with Gasteiger partial charge in [-0.15, -0.1) is 11.3 Å². The van der Waals surface area contributed by atoms with Gasteiger partial charge in [-0.1, -0.05) is 12.1 Å². The number of benzene rings is 1. The minimum atomic E-state index is -0.409. The minimum absolute atomic E-state index is 0.164. The molecule has 0 atom stereocenters. The molecular formula is C24H28N2O5S. The summed E-state index contributed by atoms with van der Waals surface area (Å²) in [5.41, 5.74) is 1.97. The summed E-state index contributed by atoms with van der Waals surface area (Å²) in [6.45, 7) is 10.4. The van der Waals surface area contributed by atoms with Crippen LogP contribution in [0.25, 0.3) is 11.0 Å². The smallest absolute Gasteiger partial charge is 0.341 e. The van der Waals surface area contributed by atoms with Gasteiger partial charge in [0.05, 0.1) is 18.8 Å². The molecule has 8 heteroatoms. The van der Waals surface area contributed by atoms with E-state index in [9.17, 15) is 9.59 Å². The number of fused-ring (bicyclic) bond motifs is 2. The Morgan fingerprint density at radius 1 is 1.25 bits per heavy atom. The summed E-state index contributed by atoms with van der Waals surface area (Å²) in [5, 5.41) is 4.20. The summed E-state index contributed by atoms with van der Waals surface area (Å²) >= 11 is 1.44. The quantitative estimate of drug-likeness (QED) is 0.499. The van der Waals surface area contributed by atoms with Gasteiger partial charge in [0.25, 0.3) is 5.91 Å². The number of nitrogens with one attached hydrogen (secondary N) is 1. The average molecular weight is 457 g/mol. The van der Waals surface area contributed by atoms with Crippen molar-refractivity contribution >= 4 is 39.2 Å². The largest absolute Gasteiger partial charge is 0.490 e. The normalized spacial score (nSPS) is 13.9. The van der Waals surface area contributed by atoms with Gasteiger partial charge in [-0.25, -0.2) is 4.79 Å². The van der Waals surface area contributed by atoms with Crippen LogP contribution < -0.4 is 10.1 Å². The molecular weight excluding hydrogens is 428 g/mol. The van der Waals surface area contributed by atoms with Gasteiger partial charge in [-0.2, -0.15) is 0 Å². The molecule has 0 aliphatic carbocycles. The standard InChI is InChI=1S/C24H28N2O5S/c1-5-29-17-9-7-8-15-12-18(31-21(15)17)22(27)25-23-20(24(28)30-6-2)16-10-11-26(14(3)4)13-19(16)32-23/h7-9,12,14H,5-6,10-11,13H2,1-4H3,(H,25,27). The van der Waals surface area contributed by atoms with Crippen LogP contribution in [0.1, 0.15) is 59.0 Å². The highest BCUT2D eigenvalue weighted by atomic mass is 32.1. The molecule has 0 saturated heterocycles. The summed E-state index contributed by atoms with van der Waals surface area (Å²) < 4.78 is 16.7. The zero-order valence-corrected chi connectivity index (χ0v) is 19.6. The lowest BCUT2D eigenvalue weighted by atomic mass is 10.0. The molecule has 3 aromatic rings. The van der Waals surface area contributed by atoms with E-state index in [4.69, 9.17) is 13.9 Å². The highest BCUT2D eigenvalue weighted by molar-refractivity contribution is 7.17. The van der Waals surface area contributed by atoms with E-state index >= 15 is 0 Å². The van der Waals surface area contributed by atoms with E-state index in [0.29, 0.717) is 34.5 Å². The fraction of sp³-hybridized carbons (Fsp3) is 0.417. The van der Waals surface area contributed by atoms with Gasteiger partial charge < -0.3 is 19.2 Å². The van der Waals surface area contributed by atoms with Crippen LogP contribution in [0.15, 0.2) is 28.7 Å². The molecule has 32 heavy (non-hydrogen) atoms. The van der Waals surface area contributed by atoms with Crippen LogP contribution in [-0.2, 0) is 17.7 Å². The molecule has 2 aromatic heterocycles. The molecule has 0 spiro atoms. The number of hydrogen-bond donors (Lipinski definition) is 1. The maximum absolute atomic E-state index is 13.1. The zero-order valence-electron chi connectivity index (χ0n) is 18.8. The van der Waals surface area contributed by atoms with Crippen LogP contribution in [0.4, 0.5) is 5.00 Å². The molecule has 4 rings (SSSR count). The highest BCUT2D eigenvalue weighted by Gasteiger charge is 2.30. The first-order chi connectivity index (χ1) is 15.4. The predicted molar refractivity (Wildman–Crippen MR) is 125 cm³/mol. The SMILES string of the molecule is CCOC(=O)c1c(NC(=O)c2cc3cccc(OCC)c3o2)sc2c1CCN(C(C)C)C2. The molecule has 0 unspecified atom stereocenters. The average Bonchev–Trinajstić information content (AvgIpc) is 3.35. The second-order valence-electron chi connectivity index (χ2n) is 7.91. The molecule has 3 heterocycles. The van der Waals surface area contributed by atoms with Crippen LogP contribution in [0.3, 0.4) is 0 Å². The topological polar surface area (TPSA) is 81.0 Å². The number of furan rings is 1. The lowest BCUT2D eigenvalue weighted by Gasteiger charge is -2.30. The number of rotatable bonds is 7. The Morgan fingerprint density at radius 3 is 2.78 bits per heavy atom. The lowest BCUT2D eigenvalue weighted by Crippen LogP contribution is -2.35. The van der Waals surface area contributed by atoms with Crippen molar-refractivity contribution < 1.29 is 23.5 Å². The van der Waals surface area contributed by atoms with Crippen LogP contribution in [0, 0.1) is 0 Å². The van der Waals surface area contributed by atoms with E-state index in [1.54, 1.807) is 13.0 Å². The number of hydrogen-bond acceptors (Lipinski definition) is 7. The molecule has 170 valence electrons. The van der Waals surface area contributed by atoms with E-state index in [2.05, 4.69) is 24.1 Å². The van der Waals surface area contributed by atoms with Gasteiger partial charge in [-0.3, -0.25) is 9.69 Å². The number of anilines is 1. The third kappa shape index (κ3) is 4.25. The van der Waals surface area contributed by atoms with E-state index in [1.807, 2.05) is 25.1 Å². The van der Waals surface area contributed by atoms with Crippen LogP contribution in [0.5, 0.6) is 5.75 Å². The fourth-order valence-corrected chi connectivity index (χ4v) is 5.21. The van der Waals surface area contributed by atoms with Gasteiger partial charge in [0.2, 0.25) is 0 Å². The maximum atomic E-state index is 13.1. The van der Waals surface area contributed by atoms with E-state index in [1.165, 1.54) is 11.3 Å². The zero-order chi connectivity index (χ0) is 22.8. The second kappa shape index (κ2) is 9.34. The van der Waals surface area contributed by atoms with Crippen molar-refractivity contribution in [3.63, 3.8) is 0 Å². The first kappa shape index (κ1) is 22.4. The van der Waals surface area contributed by atoms with Crippen molar-refractivity contribution in [3.8, 4) is 5.75 Å². The Kier molecular flexibility index (Phi) is 6.53. The first-order valence-electron chi connectivity index (χ1n) is 10.9. The van der Waals surface area contributed by atoms with E-state index in [-0.39, 0.29) is 12.4 Å². The van der Waals surface area contributed by atoms with Crippen molar-refractivity contribution in [2.24, 2.45) is 0 Å². The monoisotopic (exact) mass is 456 g/mol. The lowest BCUT2D eigenvalue weighted by molar-refractivity contribution is 0.0526. The molecule has 1 aliphatic rings. The van der Waals surface area contributed by atoms with Gasteiger partial charge in [0.15, 0.2) is 17.1 Å². The van der Waals surface area contributed by atoms with Crippen LogP contribution >= 0.6 is 11.3 Å². The number of nitrogens with zero attached hydrogens (tertiary/aromatic N) is 1. The molecule has 7 nitrogen and oxygen atoms in total. The Morgan fingerprint density at radius 2 is 2.06 bits per heavy atom. The number of ether oxygens (including phenoxy) is 2. The molecule has 0 bridgehead atoms. The third-order valence-corrected chi connectivity index (χ3v) is 6.69. The van der Waals surface area contributed by atoms with Crippen molar-refractivity contribution in [2.75, 3.05) is 25.1 Å². The first-order valence-corrected chi connectivity index (χ1v) is 11.8. The Labute approximate surface area is 191 Å². The fourth-order valence-electron chi connectivity index (χ4n) is 3.95. The van der Waals surface area contributed by atoms with Crippen molar-refractivity contribution in [1.82, 2.24) is 4.90 Å². The summed E-state index contributed by atoms with van der Waals surface area (Å²) in [7, 11) is 0. The molecule has 1 N–H and O–H groups in total. The number of amides is 1. The molecule has 0 saturated carbocycles. The molecule has 0 fully saturated rings. The van der Waals surface area contributed by atoms with Crippen LogP contribution in [-0.4, -0.2) is 42.6 Å². The summed E-state index contributed by atoms with van der Waals surface area (Å²) in [6.07, 6.45) is 0.746. The summed E-state index contributed by atoms with van der Waals surface area (Å²) in [5.74, 6) is -0.0520. The number of para-hydroxylation sites is 1. The van der Waals surface area contributed by atoms with Crippen molar-refractivity contribution in [3.05, 3.63) is 46.0 Å². The Bertz CT molecular complexity index is 1150. The summed E-state index contributed by atoms with van der Waals surface area (Å²) in [6, 6.07) is 7.63. The number of thiophene rings is 1. The second-order valence-corrected chi connectivity index (χ2v) is 9.02. The van der Waals surface area contributed by atoms with Gasteiger partial charge in [-0.05, 0) is 51.8 Å². The number of carbonyl (C=O) groups excluding carboxylic acids is 2. The predicted octanol–water partition coefficient (Wildman–Crippen LogP) is 5.09. The Balaban J connectivity index is 1.66. The third-order valence-electron chi connectivity index (χ3n) is 5.55. The summed E-state index contributed by atoms with van der Waals surface area (Å²) in [4.78, 5) is 29.3. The molecule has 0 radical (unpaired) electrons. The number of esters is 1. The molecule has 1 aliphatic heterocycles. The van der Waals surface area contributed by atoms with Crippen LogP contribution in [0.2, 0.25) is 0 Å². The van der Waals surface area contributed by atoms with E-state index in [0.717, 1.165) is 35.3 Å². The van der Waals surface area contributed by atoms with Gasteiger partial charge in [0.1, 0.15) is 5.00 Å². The Hall–Kier alpha value is -2.84. The molecule has 1 aromatic carbocycles. The van der Waals surface area contributed by atoms with Gasteiger partial charge in [0, 0.05) is 29.4 Å². The molecule has 1 amide bonds. The van der Waals surface area contributed by atoms with Gasteiger partial charge >= 0.3 is 5.97 Å². The maximum Gasteiger partial charge on any atom is 0.341 e. The van der Waals surface area contributed by atoms with E-state index < -0.39 is 11.9 Å². The van der Waals surface area contributed by atoms with Crippen molar-refractivity contribution in [1.29, 1.82) is 0 Å². The highest BCUT2D eigenvalue weighted by Crippen LogP contribution is 2.38. The number of carbonyl (C=O) groups is 2.